The summed E-state index contributed by atoms with van der Waals surface area (Å²) < 4.78 is 33.1. The van der Waals surface area contributed by atoms with Crippen LogP contribution in [-0.4, -0.2) is 20.0 Å². The van der Waals surface area contributed by atoms with Crippen LogP contribution < -0.4 is 0 Å². The van der Waals surface area contributed by atoms with Crippen LogP contribution in [0.2, 0.25) is 0 Å². The lowest BCUT2D eigenvalue weighted by Gasteiger charge is -1.95. The van der Waals surface area contributed by atoms with Crippen molar-refractivity contribution in [2.45, 2.75) is 32.6 Å². The zero-order chi connectivity index (χ0) is 22.2. The number of Topliss-reactive ketones (excluding diaryl/α,β-unsaturated/α-hetero) is 2. The number of benzene rings is 2. The molecule has 2 heterocycles. The van der Waals surface area contributed by atoms with Crippen LogP contribution >= 0.6 is 10.7 Å². The van der Waals surface area contributed by atoms with Crippen LogP contribution in [0.15, 0.2) is 56.2 Å². The summed E-state index contributed by atoms with van der Waals surface area (Å²) in [5.41, 5.74) is 2.81. The Labute approximate surface area is 177 Å². The summed E-state index contributed by atoms with van der Waals surface area (Å²) in [6.45, 7) is 6.52. The van der Waals surface area contributed by atoms with E-state index in [0.717, 1.165) is 16.5 Å². The van der Waals surface area contributed by atoms with E-state index in [1.54, 1.807) is 6.92 Å². The van der Waals surface area contributed by atoms with Gasteiger partial charge >= 0.3 is 0 Å². The van der Waals surface area contributed by atoms with Crippen LogP contribution in [0.1, 0.15) is 46.1 Å². The molecule has 6 nitrogen and oxygen atoms in total. The fourth-order valence-electron chi connectivity index (χ4n) is 3.20. The van der Waals surface area contributed by atoms with Gasteiger partial charge in [0.05, 0.1) is 4.90 Å². The summed E-state index contributed by atoms with van der Waals surface area (Å²) in [4.78, 5) is 22.4. The minimum absolute atomic E-state index is 0.00864. The molecule has 8 heteroatoms. The third-order valence-electron chi connectivity index (χ3n) is 4.67. The Hall–Kier alpha value is -2.90. The molecule has 0 atom stereocenters. The van der Waals surface area contributed by atoms with E-state index in [1.807, 2.05) is 31.2 Å². The Balaban J connectivity index is 0.000000177. The topological polar surface area (TPSA) is 94.6 Å². The number of ketones is 2. The molecule has 0 unspecified atom stereocenters. The lowest BCUT2D eigenvalue weighted by atomic mass is 10.1. The number of fused-ring (bicyclic) bond motifs is 2. The highest BCUT2D eigenvalue weighted by Crippen LogP contribution is 2.29. The molecule has 156 valence electrons. The summed E-state index contributed by atoms with van der Waals surface area (Å²) >= 11 is 0. The second-order valence-electron chi connectivity index (χ2n) is 6.82. The van der Waals surface area contributed by atoms with Crippen molar-refractivity contribution < 1.29 is 26.8 Å². The average molecular weight is 447 g/mol. The van der Waals surface area contributed by atoms with Crippen LogP contribution in [0.25, 0.3) is 21.9 Å². The lowest BCUT2D eigenvalue weighted by molar-refractivity contribution is 0.0981. The number of para-hydroxylation sites is 1. The molecule has 0 fully saturated rings. The first-order valence-electron chi connectivity index (χ1n) is 8.98. The van der Waals surface area contributed by atoms with Crippen molar-refractivity contribution in [3.63, 3.8) is 0 Å². The van der Waals surface area contributed by atoms with E-state index in [1.165, 1.54) is 32.0 Å². The van der Waals surface area contributed by atoms with Gasteiger partial charge in [-0.3, -0.25) is 9.59 Å². The number of carbonyl (C=O) groups excluding carboxylic acids is 2. The van der Waals surface area contributed by atoms with Gasteiger partial charge in [0.25, 0.3) is 9.05 Å². The van der Waals surface area contributed by atoms with Crippen molar-refractivity contribution in [2.75, 3.05) is 0 Å². The van der Waals surface area contributed by atoms with Gasteiger partial charge in [-0.1, -0.05) is 18.2 Å². The number of furan rings is 2. The van der Waals surface area contributed by atoms with Gasteiger partial charge in [0.15, 0.2) is 23.1 Å². The maximum Gasteiger partial charge on any atom is 0.261 e. The van der Waals surface area contributed by atoms with E-state index in [9.17, 15) is 18.0 Å². The van der Waals surface area contributed by atoms with Crippen LogP contribution in [0, 0.1) is 13.8 Å². The standard InChI is InChI=1S/C11H9ClO4S.C11H10O2/c1-6-9-5-8(17(12,14)15)3-4-10(9)16-11(6)7(2)13;1-7-9-5-3-4-6-10(9)13-11(7)8(2)12/h3-5H,1-2H3;3-6H,1-2H3. The summed E-state index contributed by atoms with van der Waals surface area (Å²) in [5.74, 6) is 0.494. The second-order valence-corrected chi connectivity index (χ2v) is 9.38. The Morgan fingerprint density at radius 1 is 0.800 bits per heavy atom. The fraction of sp³-hybridized carbons (Fsp3) is 0.182. The molecule has 4 aromatic rings. The van der Waals surface area contributed by atoms with Gasteiger partial charge in [-0.15, -0.1) is 0 Å². The van der Waals surface area contributed by atoms with Gasteiger partial charge in [-0.05, 0) is 38.1 Å². The van der Waals surface area contributed by atoms with Crippen molar-refractivity contribution in [3.05, 3.63) is 65.1 Å². The van der Waals surface area contributed by atoms with Crippen LogP contribution in [0.3, 0.4) is 0 Å². The fourth-order valence-corrected chi connectivity index (χ4v) is 3.97. The van der Waals surface area contributed by atoms with Crippen molar-refractivity contribution >= 4 is 53.2 Å². The Kier molecular flexibility index (Phi) is 5.87. The molecule has 0 amide bonds. The van der Waals surface area contributed by atoms with Crippen LogP contribution in [0.5, 0.6) is 0 Å². The minimum atomic E-state index is -3.78. The number of rotatable bonds is 3. The lowest BCUT2D eigenvalue weighted by Crippen LogP contribution is -1.91. The molecule has 0 aliphatic carbocycles. The quantitative estimate of drug-likeness (QED) is 0.291. The molecule has 0 saturated heterocycles. The van der Waals surface area contributed by atoms with E-state index in [-0.39, 0.29) is 22.2 Å². The number of aryl methyl sites for hydroxylation is 2. The van der Waals surface area contributed by atoms with Crippen molar-refractivity contribution in [2.24, 2.45) is 0 Å². The third-order valence-corrected chi connectivity index (χ3v) is 6.02. The smallest absolute Gasteiger partial charge is 0.261 e. The predicted molar refractivity (Wildman–Crippen MR) is 115 cm³/mol. The summed E-state index contributed by atoms with van der Waals surface area (Å²) in [7, 11) is 1.48. The SMILES string of the molecule is CC(=O)c1oc2ccc(S(=O)(=O)Cl)cc2c1C.CC(=O)c1oc2ccccc2c1C. The monoisotopic (exact) mass is 446 g/mol. The molecule has 30 heavy (non-hydrogen) atoms. The molecule has 0 N–H and O–H groups in total. The molecular weight excluding hydrogens is 428 g/mol. The van der Waals surface area contributed by atoms with E-state index >= 15 is 0 Å². The van der Waals surface area contributed by atoms with E-state index < -0.39 is 9.05 Å². The molecule has 0 spiro atoms. The number of hydrogen-bond acceptors (Lipinski definition) is 6. The van der Waals surface area contributed by atoms with Crippen molar-refractivity contribution in [3.8, 4) is 0 Å². The first-order chi connectivity index (χ1) is 14.0. The zero-order valence-corrected chi connectivity index (χ0v) is 18.3. The van der Waals surface area contributed by atoms with Crippen molar-refractivity contribution in [1.29, 1.82) is 0 Å². The van der Waals surface area contributed by atoms with Crippen LogP contribution in [-0.2, 0) is 9.05 Å². The molecule has 0 aliphatic heterocycles. The van der Waals surface area contributed by atoms with Gasteiger partial charge in [0.2, 0.25) is 0 Å². The molecule has 0 aliphatic rings. The Morgan fingerprint density at radius 2 is 1.30 bits per heavy atom. The maximum atomic E-state index is 11.3. The number of halogens is 1. The zero-order valence-electron chi connectivity index (χ0n) is 16.8. The average Bonchev–Trinajstić information content (AvgIpc) is 3.19. The largest absolute Gasteiger partial charge is 0.453 e. The Morgan fingerprint density at radius 3 is 1.80 bits per heavy atom. The maximum absolute atomic E-state index is 11.3. The third kappa shape index (κ3) is 4.17. The highest BCUT2D eigenvalue weighted by atomic mass is 35.7. The number of hydrogen-bond donors (Lipinski definition) is 0. The molecule has 2 aromatic carbocycles. The van der Waals surface area contributed by atoms with Gasteiger partial charge in [-0.2, -0.15) is 0 Å². The first kappa shape index (κ1) is 21.8. The van der Waals surface area contributed by atoms with Gasteiger partial charge in [0, 0.05) is 46.4 Å². The summed E-state index contributed by atoms with van der Waals surface area (Å²) in [6, 6.07) is 11.9. The minimum Gasteiger partial charge on any atom is -0.453 e. The van der Waals surface area contributed by atoms with Gasteiger partial charge in [0.1, 0.15) is 11.2 Å². The highest BCUT2D eigenvalue weighted by Gasteiger charge is 2.17. The van der Waals surface area contributed by atoms with E-state index in [0.29, 0.717) is 22.3 Å². The molecular formula is C22H19ClO6S. The van der Waals surface area contributed by atoms with E-state index in [4.69, 9.17) is 19.5 Å². The second kappa shape index (κ2) is 8.08. The number of carbonyl (C=O) groups is 2. The van der Waals surface area contributed by atoms with Crippen LogP contribution in [0.4, 0.5) is 0 Å². The van der Waals surface area contributed by atoms with Crippen molar-refractivity contribution in [1.82, 2.24) is 0 Å². The molecule has 0 saturated carbocycles. The highest BCUT2D eigenvalue weighted by molar-refractivity contribution is 8.13. The van der Waals surface area contributed by atoms with E-state index in [2.05, 4.69) is 0 Å². The molecule has 4 rings (SSSR count). The summed E-state index contributed by atoms with van der Waals surface area (Å²) in [6.07, 6.45) is 0. The van der Waals surface area contributed by atoms with Gasteiger partial charge in [-0.25, -0.2) is 8.42 Å². The van der Waals surface area contributed by atoms with Gasteiger partial charge < -0.3 is 8.83 Å². The normalized spacial score (nSPS) is 11.4. The molecule has 2 aromatic heterocycles. The summed E-state index contributed by atoms with van der Waals surface area (Å²) in [5, 5.41) is 1.60. The first-order valence-corrected chi connectivity index (χ1v) is 11.3. The predicted octanol–water partition coefficient (Wildman–Crippen LogP) is 5.82. The molecule has 0 radical (unpaired) electrons. The Bertz CT molecular complexity index is 1390. The molecule has 0 bridgehead atoms.